The van der Waals surface area contributed by atoms with Gasteiger partial charge in [-0.15, -0.1) is 11.3 Å². The number of hydrogen-bond acceptors (Lipinski definition) is 4. The Morgan fingerprint density at radius 1 is 1.71 bits per heavy atom. The number of Topliss-reactive ketones (excluding diaryl/α,β-unsaturated/α-hetero) is 1. The predicted octanol–water partition coefficient (Wildman–Crippen LogP) is 1.11. The van der Waals surface area contributed by atoms with Crippen molar-refractivity contribution in [1.29, 1.82) is 0 Å². The molecule has 1 aliphatic rings. The summed E-state index contributed by atoms with van der Waals surface area (Å²) in [7, 11) is 0. The second-order valence-electron chi connectivity index (χ2n) is 3.85. The Bertz CT molecular complexity index is 310. The van der Waals surface area contributed by atoms with Gasteiger partial charge in [-0.3, -0.25) is 9.78 Å². The Balaban J connectivity index is 1.95. The van der Waals surface area contributed by atoms with Gasteiger partial charge in [0.1, 0.15) is 5.78 Å². The number of nitrogens with one attached hydrogen (secondary N) is 1. The fourth-order valence-corrected chi connectivity index (χ4v) is 2.48. The minimum Gasteiger partial charge on any atom is -0.316 e. The van der Waals surface area contributed by atoms with E-state index in [0.717, 1.165) is 18.0 Å². The summed E-state index contributed by atoms with van der Waals surface area (Å²) in [6, 6.07) is 0. The highest BCUT2D eigenvalue weighted by molar-refractivity contribution is 7.09. The van der Waals surface area contributed by atoms with Crippen LogP contribution in [-0.4, -0.2) is 23.9 Å². The second-order valence-corrected chi connectivity index (χ2v) is 4.82. The molecule has 2 unspecified atom stereocenters. The Labute approximate surface area is 87.6 Å². The molecular weight excluding hydrogens is 196 g/mol. The van der Waals surface area contributed by atoms with E-state index >= 15 is 0 Å². The zero-order chi connectivity index (χ0) is 9.97. The van der Waals surface area contributed by atoms with E-state index in [1.807, 2.05) is 0 Å². The lowest BCUT2D eigenvalue weighted by Gasteiger charge is -2.11. The minimum absolute atomic E-state index is 0.206. The van der Waals surface area contributed by atoms with Crippen molar-refractivity contribution < 1.29 is 4.79 Å². The molecule has 14 heavy (non-hydrogen) atoms. The fraction of sp³-hybridized carbons (Fsp3) is 0.600. The van der Waals surface area contributed by atoms with Crippen LogP contribution in [0.1, 0.15) is 11.8 Å². The Morgan fingerprint density at radius 2 is 2.57 bits per heavy atom. The number of thiazole rings is 1. The smallest absolute Gasteiger partial charge is 0.142 e. The third kappa shape index (κ3) is 2.01. The van der Waals surface area contributed by atoms with Crippen molar-refractivity contribution in [2.75, 3.05) is 13.1 Å². The van der Waals surface area contributed by atoms with Crippen LogP contribution in [0.3, 0.4) is 0 Å². The van der Waals surface area contributed by atoms with Crippen LogP contribution in [-0.2, 0) is 11.2 Å². The summed E-state index contributed by atoms with van der Waals surface area (Å²) in [5, 5.41) is 3.25. The topological polar surface area (TPSA) is 42.0 Å². The Hall–Kier alpha value is -0.740. The minimum atomic E-state index is 0.206. The molecule has 0 saturated carbocycles. The maximum Gasteiger partial charge on any atom is 0.142 e. The zero-order valence-electron chi connectivity index (χ0n) is 8.19. The quantitative estimate of drug-likeness (QED) is 0.812. The number of aromatic nitrogens is 1. The van der Waals surface area contributed by atoms with E-state index in [9.17, 15) is 4.79 Å². The summed E-state index contributed by atoms with van der Waals surface area (Å²) in [6.45, 7) is 3.95. The van der Waals surface area contributed by atoms with Crippen LogP contribution in [0.2, 0.25) is 0 Å². The molecule has 1 N–H and O–H groups in total. The molecule has 1 aliphatic heterocycles. The molecule has 0 amide bonds. The maximum atomic E-state index is 11.9. The van der Waals surface area contributed by atoms with Crippen molar-refractivity contribution in [3.8, 4) is 0 Å². The lowest BCUT2D eigenvalue weighted by molar-refractivity contribution is -0.122. The first-order chi connectivity index (χ1) is 6.77. The molecule has 0 aromatic carbocycles. The number of nitrogens with zero attached hydrogens (tertiary/aromatic N) is 1. The van der Waals surface area contributed by atoms with Gasteiger partial charge in [0.15, 0.2) is 0 Å². The SMILES string of the molecule is CC1CNCC1C(=O)Cc1cncs1. The molecule has 1 aromatic rings. The number of hydrogen-bond donors (Lipinski definition) is 1. The highest BCUT2D eigenvalue weighted by Crippen LogP contribution is 2.19. The predicted molar refractivity (Wildman–Crippen MR) is 56.3 cm³/mol. The van der Waals surface area contributed by atoms with Crippen LogP contribution in [0.15, 0.2) is 11.7 Å². The first-order valence-corrected chi connectivity index (χ1v) is 5.76. The van der Waals surface area contributed by atoms with Gasteiger partial charge in [-0.25, -0.2) is 0 Å². The van der Waals surface area contributed by atoms with E-state index in [4.69, 9.17) is 0 Å². The van der Waals surface area contributed by atoms with Gasteiger partial charge in [0.2, 0.25) is 0 Å². The maximum absolute atomic E-state index is 11.9. The van der Waals surface area contributed by atoms with Gasteiger partial charge in [-0.2, -0.15) is 0 Å². The van der Waals surface area contributed by atoms with Gasteiger partial charge in [0.05, 0.1) is 5.51 Å². The fourth-order valence-electron chi connectivity index (χ4n) is 1.87. The van der Waals surface area contributed by atoms with E-state index in [1.54, 1.807) is 23.0 Å². The van der Waals surface area contributed by atoms with E-state index in [2.05, 4.69) is 17.2 Å². The number of rotatable bonds is 3. The third-order valence-electron chi connectivity index (χ3n) is 2.76. The second kappa shape index (κ2) is 4.19. The Kier molecular flexibility index (Phi) is 2.93. The third-order valence-corrected chi connectivity index (χ3v) is 3.54. The van der Waals surface area contributed by atoms with E-state index in [0.29, 0.717) is 18.1 Å². The molecule has 2 atom stereocenters. The normalized spacial score (nSPS) is 26.6. The molecule has 3 nitrogen and oxygen atoms in total. The summed E-state index contributed by atoms with van der Waals surface area (Å²) in [5.74, 6) is 1.04. The molecule has 0 spiro atoms. The molecule has 2 heterocycles. The first-order valence-electron chi connectivity index (χ1n) is 4.88. The monoisotopic (exact) mass is 210 g/mol. The molecule has 1 aromatic heterocycles. The van der Waals surface area contributed by atoms with Crippen LogP contribution < -0.4 is 5.32 Å². The molecule has 0 radical (unpaired) electrons. The molecule has 2 rings (SSSR count). The van der Waals surface area contributed by atoms with Crippen LogP contribution in [0.5, 0.6) is 0 Å². The van der Waals surface area contributed by atoms with Gasteiger partial charge >= 0.3 is 0 Å². The van der Waals surface area contributed by atoms with Gasteiger partial charge in [-0.1, -0.05) is 6.92 Å². The van der Waals surface area contributed by atoms with Gasteiger partial charge in [-0.05, 0) is 12.5 Å². The average Bonchev–Trinajstić information content (AvgIpc) is 2.75. The first kappa shape index (κ1) is 9.80. The molecule has 1 fully saturated rings. The number of carbonyl (C=O) groups is 1. The van der Waals surface area contributed by atoms with E-state index in [-0.39, 0.29) is 5.92 Å². The standard InChI is InChI=1S/C10H14N2OS/c1-7-3-11-5-9(7)10(13)2-8-4-12-6-14-8/h4,6-7,9,11H,2-3,5H2,1H3. The van der Waals surface area contributed by atoms with Crippen LogP contribution in [0.4, 0.5) is 0 Å². The lowest BCUT2D eigenvalue weighted by Crippen LogP contribution is -2.22. The molecule has 0 bridgehead atoms. The zero-order valence-corrected chi connectivity index (χ0v) is 9.01. The van der Waals surface area contributed by atoms with Crippen LogP contribution in [0, 0.1) is 11.8 Å². The van der Waals surface area contributed by atoms with E-state index in [1.165, 1.54) is 0 Å². The number of ketones is 1. The lowest BCUT2D eigenvalue weighted by atomic mass is 9.92. The van der Waals surface area contributed by atoms with Crippen LogP contribution >= 0.6 is 11.3 Å². The molecular formula is C10H14N2OS. The summed E-state index contributed by atoms with van der Waals surface area (Å²) < 4.78 is 0. The number of carbonyl (C=O) groups excluding carboxylic acids is 1. The Morgan fingerprint density at radius 3 is 3.14 bits per heavy atom. The molecule has 0 aliphatic carbocycles. The summed E-state index contributed by atoms with van der Waals surface area (Å²) in [4.78, 5) is 16.9. The van der Waals surface area contributed by atoms with Crippen molar-refractivity contribution in [3.05, 3.63) is 16.6 Å². The van der Waals surface area contributed by atoms with E-state index < -0.39 is 0 Å². The molecule has 4 heteroatoms. The largest absolute Gasteiger partial charge is 0.316 e. The van der Waals surface area contributed by atoms with Gasteiger partial charge in [0.25, 0.3) is 0 Å². The van der Waals surface area contributed by atoms with Crippen molar-refractivity contribution in [3.63, 3.8) is 0 Å². The van der Waals surface area contributed by atoms with Crippen molar-refractivity contribution in [2.24, 2.45) is 11.8 Å². The van der Waals surface area contributed by atoms with Crippen molar-refractivity contribution in [2.45, 2.75) is 13.3 Å². The van der Waals surface area contributed by atoms with Crippen molar-refractivity contribution in [1.82, 2.24) is 10.3 Å². The average molecular weight is 210 g/mol. The summed E-state index contributed by atoms with van der Waals surface area (Å²) in [5.41, 5.74) is 1.78. The van der Waals surface area contributed by atoms with Gasteiger partial charge < -0.3 is 5.32 Å². The highest BCUT2D eigenvalue weighted by Gasteiger charge is 2.29. The van der Waals surface area contributed by atoms with Crippen molar-refractivity contribution >= 4 is 17.1 Å². The molecule has 1 saturated heterocycles. The van der Waals surface area contributed by atoms with Crippen LogP contribution in [0.25, 0.3) is 0 Å². The molecule has 76 valence electrons. The summed E-state index contributed by atoms with van der Waals surface area (Å²) in [6.07, 6.45) is 2.34. The highest BCUT2D eigenvalue weighted by atomic mass is 32.1. The van der Waals surface area contributed by atoms with Gasteiger partial charge in [0, 0.05) is 30.0 Å². The summed E-state index contributed by atoms with van der Waals surface area (Å²) >= 11 is 1.56.